The van der Waals surface area contributed by atoms with Crippen molar-refractivity contribution in [1.29, 1.82) is 0 Å². The van der Waals surface area contributed by atoms with Crippen LogP contribution in [0.2, 0.25) is 0 Å². The summed E-state index contributed by atoms with van der Waals surface area (Å²) in [7, 11) is 0. The van der Waals surface area contributed by atoms with E-state index in [0.717, 1.165) is 26.1 Å². The van der Waals surface area contributed by atoms with Gasteiger partial charge in [0, 0.05) is 0 Å². The normalized spacial score (nSPS) is 25.1. The molecule has 1 aliphatic heterocycles. The molecule has 0 N–H and O–H groups in total. The van der Waals surface area contributed by atoms with E-state index in [9.17, 15) is 0 Å². The zero-order chi connectivity index (χ0) is 8.10. The van der Waals surface area contributed by atoms with E-state index in [1.165, 1.54) is 0 Å². The Balaban J connectivity index is 1.87. The summed E-state index contributed by atoms with van der Waals surface area (Å²) in [6, 6.07) is 0. The molecular formula is C9H17O2. The molecule has 0 amide bonds. The second kappa shape index (κ2) is 4.73. The van der Waals surface area contributed by atoms with Crippen molar-refractivity contribution in [3.05, 3.63) is 6.42 Å². The van der Waals surface area contributed by atoms with Gasteiger partial charge in [-0.2, -0.15) is 0 Å². The molecule has 1 rings (SSSR count). The maximum absolute atomic E-state index is 5.51. The second-order valence-corrected chi connectivity index (χ2v) is 3.03. The number of ether oxygens (including phenoxy) is 2. The first-order chi connectivity index (χ1) is 5.33. The van der Waals surface area contributed by atoms with Crippen molar-refractivity contribution in [2.45, 2.75) is 38.9 Å². The molecule has 65 valence electrons. The van der Waals surface area contributed by atoms with Gasteiger partial charge in [0.1, 0.15) is 6.10 Å². The van der Waals surface area contributed by atoms with Crippen LogP contribution in [0.5, 0.6) is 0 Å². The van der Waals surface area contributed by atoms with Gasteiger partial charge in [-0.3, -0.25) is 0 Å². The average molecular weight is 157 g/mol. The predicted octanol–water partition coefficient (Wildman–Crippen LogP) is 1.79. The smallest absolute Gasteiger partial charge is 0.104 e. The molecule has 2 heteroatoms. The van der Waals surface area contributed by atoms with Gasteiger partial charge >= 0.3 is 0 Å². The van der Waals surface area contributed by atoms with Crippen molar-refractivity contribution >= 4 is 0 Å². The van der Waals surface area contributed by atoms with E-state index in [1.807, 2.05) is 0 Å². The first kappa shape index (κ1) is 9.01. The highest BCUT2D eigenvalue weighted by Gasteiger charge is 2.23. The fourth-order valence-corrected chi connectivity index (χ4v) is 0.905. The Hall–Kier alpha value is -0.0800. The van der Waals surface area contributed by atoms with Crippen LogP contribution in [0.4, 0.5) is 0 Å². The van der Waals surface area contributed by atoms with Gasteiger partial charge < -0.3 is 9.47 Å². The maximum atomic E-state index is 5.51. The molecule has 1 saturated heterocycles. The van der Waals surface area contributed by atoms with Crippen LogP contribution in [0, 0.1) is 6.42 Å². The largest absolute Gasteiger partial charge is 0.376 e. The summed E-state index contributed by atoms with van der Waals surface area (Å²) < 4.78 is 10.5. The quantitative estimate of drug-likeness (QED) is 0.548. The molecule has 1 aliphatic rings. The lowest BCUT2D eigenvalue weighted by Gasteiger charge is -2.10. The van der Waals surface area contributed by atoms with Gasteiger partial charge in [-0.25, -0.2) is 0 Å². The molecule has 0 spiro atoms. The third-order valence-corrected chi connectivity index (χ3v) is 1.76. The molecule has 0 aromatic heterocycles. The van der Waals surface area contributed by atoms with Crippen LogP contribution in [-0.2, 0) is 9.47 Å². The van der Waals surface area contributed by atoms with Gasteiger partial charge in [0.2, 0.25) is 0 Å². The average Bonchev–Trinajstić information content (AvgIpc) is 2.80. The minimum absolute atomic E-state index is 0.360. The summed E-state index contributed by atoms with van der Waals surface area (Å²) in [5.74, 6) is 0. The molecule has 2 nitrogen and oxygen atoms in total. The second-order valence-electron chi connectivity index (χ2n) is 3.03. The fourth-order valence-electron chi connectivity index (χ4n) is 0.905. The monoisotopic (exact) mass is 157 g/mol. The Labute approximate surface area is 68.9 Å². The standard InChI is InChI=1S/C9H17O2/c1-3-4-5-8(2)10-6-9-7-11-9/h4,8-9H,3,5-7H2,1-2H3. The van der Waals surface area contributed by atoms with E-state index in [4.69, 9.17) is 9.47 Å². The molecule has 1 heterocycles. The molecule has 2 atom stereocenters. The Morgan fingerprint density at radius 3 is 3.00 bits per heavy atom. The number of hydrogen-bond acceptors (Lipinski definition) is 2. The fraction of sp³-hybridized carbons (Fsp3) is 0.889. The number of rotatable bonds is 6. The van der Waals surface area contributed by atoms with E-state index >= 15 is 0 Å². The Kier molecular flexibility index (Phi) is 3.87. The zero-order valence-electron chi connectivity index (χ0n) is 7.38. The number of epoxide rings is 1. The van der Waals surface area contributed by atoms with Crippen LogP contribution in [0.25, 0.3) is 0 Å². The number of hydrogen-bond donors (Lipinski definition) is 0. The van der Waals surface area contributed by atoms with Crippen LogP contribution < -0.4 is 0 Å². The van der Waals surface area contributed by atoms with E-state index in [0.29, 0.717) is 12.2 Å². The van der Waals surface area contributed by atoms with Gasteiger partial charge in [-0.05, 0) is 19.8 Å². The van der Waals surface area contributed by atoms with Crippen molar-refractivity contribution in [2.75, 3.05) is 13.2 Å². The highest BCUT2D eigenvalue weighted by molar-refractivity contribution is 4.70. The summed E-state index contributed by atoms with van der Waals surface area (Å²) in [6.45, 7) is 5.92. The first-order valence-electron chi connectivity index (χ1n) is 4.37. The lowest BCUT2D eigenvalue weighted by molar-refractivity contribution is 0.0539. The summed E-state index contributed by atoms with van der Waals surface area (Å²) in [4.78, 5) is 0. The maximum Gasteiger partial charge on any atom is 0.104 e. The minimum atomic E-state index is 0.360. The van der Waals surface area contributed by atoms with E-state index in [1.54, 1.807) is 0 Å². The van der Waals surface area contributed by atoms with Crippen molar-refractivity contribution in [3.8, 4) is 0 Å². The Bertz CT molecular complexity index is 99.7. The highest BCUT2D eigenvalue weighted by Crippen LogP contribution is 2.11. The SMILES string of the molecule is CC[CH]CC(C)OCC1CO1. The third kappa shape index (κ3) is 4.38. The minimum Gasteiger partial charge on any atom is -0.376 e. The lowest BCUT2D eigenvalue weighted by atomic mass is 10.2. The zero-order valence-corrected chi connectivity index (χ0v) is 7.38. The summed E-state index contributed by atoms with van der Waals surface area (Å²) in [5.41, 5.74) is 0. The molecule has 0 bridgehead atoms. The van der Waals surface area contributed by atoms with Crippen molar-refractivity contribution in [1.82, 2.24) is 0 Å². The molecular weight excluding hydrogens is 140 g/mol. The summed E-state index contributed by atoms with van der Waals surface area (Å²) in [5, 5.41) is 0. The molecule has 11 heavy (non-hydrogen) atoms. The van der Waals surface area contributed by atoms with Crippen LogP contribution >= 0.6 is 0 Å². The molecule has 0 aromatic carbocycles. The van der Waals surface area contributed by atoms with E-state index < -0.39 is 0 Å². The highest BCUT2D eigenvalue weighted by atomic mass is 16.6. The molecule has 1 fully saturated rings. The van der Waals surface area contributed by atoms with Crippen molar-refractivity contribution in [2.24, 2.45) is 0 Å². The third-order valence-electron chi connectivity index (χ3n) is 1.76. The Morgan fingerprint density at radius 2 is 2.45 bits per heavy atom. The van der Waals surface area contributed by atoms with Crippen LogP contribution in [0.3, 0.4) is 0 Å². The lowest BCUT2D eigenvalue weighted by Crippen LogP contribution is -2.12. The van der Waals surface area contributed by atoms with Crippen molar-refractivity contribution < 1.29 is 9.47 Å². The molecule has 1 radical (unpaired) electrons. The predicted molar refractivity (Wildman–Crippen MR) is 44.4 cm³/mol. The first-order valence-corrected chi connectivity index (χ1v) is 4.37. The van der Waals surface area contributed by atoms with Crippen molar-refractivity contribution in [3.63, 3.8) is 0 Å². The topological polar surface area (TPSA) is 21.8 Å². The van der Waals surface area contributed by atoms with Gasteiger partial charge in [0.25, 0.3) is 0 Å². The molecule has 0 aliphatic carbocycles. The van der Waals surface area contributed by atoms with Crippen LogP contribution in [0.1, 0.15) is 26.7 Å². The van der Waals surface area contributed by atoms with E-state index in [-0.39, 0.29) is 0 Å². The summed E-state index contributed by atoms with van der Waals surface area (Å²) in [6.07, 6.45) is 5.20. The van der Waals surface area contributed by atoms with Gasteiger partial charge in [0.05, 0.1) is 19.3 Å². The van der Waals surface area contributed by atoms with Crippen LogP contribution in [0.15, 0.2) is 0 Å². The summed E-state index contributed by atoms with van der Waals surface area (Å²) >= 11 is 0. The number of unbranched alkanes of at least 4 members (excludes halogenated alkanes) is 1. The molecule has 2 unspecified atom stereocenters. The van der Waals surface area contributed by atoms with Gasteiger partial charge in [0.15, 0.2) is 0 Å². The van der Waals surface area contributed by atoms with Gasteiger partial charge in [-0.1, -0.05) is 13.3 Å². The molecule has 0 saturated carbocycles. The molecule has 0 aromatic rings. The Morgan fingerprint density at radius 1 is 1.73 bits per heavy atom. The van der Waals surface area contributed by atoms with Gasteiger partial charge in [-0.15, -0.1) is 0 Å². The van der Waals surface area contributed by atoms with Crippen LogP contribution in [-0.4, -0.2) is 25.4 Å². The van der Waals surface area contributed by atoms with E-state index in [2.05, 4.69) is 20.3 Å².